The number of aryl methyl sites for hydroxylation is 1. The normalized spacial score (nSPS) is 17.5. The number of pyridine rings is 1. The van der Waals surface area contributed by atoms with E-state index in [0.717, 1.165) is 41.3 Å². The second-order valence-corrected chi connectivity index (χ2v) is 9.79. The number of hydrogen-bond donors (Lipinski definition) is 2. The molecule has 6 nitrogen and oxygen atoms in total. The Morgan fingerprint density at radius 2 is 1.81 bits per heavy atom. The molecule has 0 saturated heterocycles. The van der Waals surface area contributed by atoms with Crippen molar-refractivity contribution in [2.45, 2.75) is 53.4 Å². The Kier molecular flexibility index (Phi) is 7.54. The molecule has 1 aliphatic carbocycles. The molecule has 0 unspecified atom stereocenters. The van der Waals surface area contributed by atoms with Crippen LogP contribution in [0.5, 0.6) is 0 Å². The summed E-state index contributed by atoms with van der Waals surface area (Å²) in [5.74, 6) is -0.232. The second-order valence-electron chi connectivity index (χ2n) is 9.79. The molecular formula is C26H35N3O3. The summed E-state index contributed by atoms with van der Waals surface area (Å²) in [7, 11) is 0. The number of aliphatic carboxylic acids is 1. The van der Waals surface area contributed by atoms with Crippen molar-refractivity contribution in [1.82, 2.24) is 4.98 Å². The van der Waals surface area contributed by atoms with Crippen molar-refractivity contribution < 1.29 is 14.7 Å². The molecule has 1 aromatic carbocycles. The highest BCUT2D eigenvalue weighted by Crippen LogP contribution is 2.49. The zero-order chi connectivity index (χ0) is 23.4. The molecule has 3 rings (SSSR count). The summed E-state index contributed by atoms with van der Waals surface area (Å²) < 4.78 is 0. The number of carbonyl (C=O) groups excluding carboxylic acids is 1. The van der Waals surface area contributed by atoms with Gasteiger partial charge in [0.05, 0.1) is 23.7 Å². The van der Waals surface area contributed by atoms with Crippen LogP contribution in [0.25, 0.3) is 0 Å². The molecule has 0 bridgehead atoms. The van der Waals surface area contributed by atoms with Crippen molar-refractivity contribution >= 4 is 23.3 Å². The van der Waals surface area contributed by atoms with Gasteiger partial charge in [-0.3, -0.25) is 14.6 Å². The third-order valence-corrected chi connectivity index (χ3v) is 5.68. The fourth-order valence-electron chi connectivity index (χ4n) is 4.13. The van der Waals surface area contributed by atoms with E-state index in [9.17, 15) is 14.7 Å². The SMILES string of the molecule is Cc1ccc(CC(=O)Nc2cc([C@@H]3C[C@@H]3C(=O)O)ccc2N(CC(C)C)CC(C)C)cn1. The smallest absolute Gasteiger partial charge is 0.307 e. The van der Waals surface area contributed by atoms with Crippen molar-refractivity contribution in [1.29, 1.82) is 0 Å². The number of carboxylic acids is 1. The monoisotopic (exact) mass is 437 g/mol. The van der Waals surface area contributed by atoms with Gasteiger partial charge in [-0.25, -0.2) is 0 Å². The quantitative estimate of drug-likeness (QED) is 0.554. The van der Waals surface area contributed by atoms with Crippen LogP contribution in [0.1, 0.15) is 56.9 Å². The number of anilines is 2. The molecule has 1 fully saturated rings. The van der Waals surface area contributed by atoms with Crippen LogP contribution in [0.2, 0.25) is 0 Å². The van der Waals surface area contributed by atoms with Crippen LogP contribution >= 0.6 is 0 Å². The molecule has 1 aromatic heterocycles. The predicted octanol–water partition coefficient (Wildman–Crippen LogP) is 4.88. The maximum atomic E-state index is 12.9. The van der Waals surface area contributed by atoms with Gasteiger partial charge in [-0.1, -0.05) is 39.8 Å². The summed E-state index contributed by atoms with van der Waals surface area (Å²) in [5.41, 5.74) is 4.49. The molecule has 2 aromatic rings. The van der Waals surface area contributed by atoms with Crippen LogP contribution < -0.4 is 10.2 Å². The molecule has 32 heavy (non-hydrogen) atoms. The van der Waals surface area contributed by atoms with E-state index >= 15 is 0 Å². The van der Waals surface area contributed by atoms with Crippen molar-refractivity contribution in [2.24, 2.45) is 17.8 Å². The van der Waals surface area contributed by atoms with E-state index in [0.29, 0.717) is 18.3 Å². The molecule has 0 aliphatic heterocycles. The molecule has 172 valence electrons. The third kappa shape index (κ3) is 6.31. The fraction of sp³-hybridized carbons (Fsp3) is 0.500. The zero-order valence-electron chi connectivity index (χ0n) is 19.8. The van der Waals surface area contributed by atoms with Gasteiger partial charge in [0.25, 0.3) is 0 Å². The number of benzene rings is 1. The summed E-state index contributed by atoms with van der Waals surface area (Å²) in [6.45, 7) is 12.4. The first-order valence-electron chi connectivity index (χ1n) is 11.5. The van der Waals surface area contributed by atoms with Gasteiger partial charge in [0.15, 0.2) is 0 Å². The maximum Gasteiger partial charge on any atom is 0.307 e. The van der Waals surface area contributed by atoms with Gasteiger partial charge in [-0.2, -0.15) is 0 Å². The van der Waals surface area contributed by atoms with Gasteiger partial charge in [0.1, 0.15) is 0 Å². The number of hydrogen-bond acceptors (Lipinski definition) is 4. The standard InChI is InChI=1S/C26H35N3O3/c1-16(2)14-29(15-17(3)4)24-9-8-20(21-12-22(21)26(31)32)11-23(24)28-25(30)10-19-7-6-18(5)27-13-19/h6-9,11,13,16-17,21-22H,10,12,14-15H2,1-5H3,(H,28,30)(H,31,32)/t21-,22-/m0/s1. The summed E-state index contributed by atoms with van der Waals surface area (Å²) in [5, 5.41) is 12.5. The minimum absolute atomic E-state index is 0.0159. The summed E-state index contributed by atoms with van der Waals surface area (Å²) >= 11 is 0. The lowest BCUT2D eigenvalue weighted by molar-refractivity contribution is -0.138. The summed E-state index contributed by atoms with van der Waals surface area (Å²) in [6.07, 6.45) is 2.63. The number of aromatic nitrogens is 1. The summed E-state index contributed by atoms with van der Waals surface area (Å²) in [6, 6.07) is 9.87. The Balaban J connectivity index is 1.88. The van der Waals surface area contributed by atoms with E-state index in [1.807, 2.05) is 37.3 Å². The van der Waals surface area contributed by atoms with Gasteiger partial charge in [0.2, 0.25) is 5.91 Å². The average Bonchev–Trinajstić information content (AvgIpc) is 3.50. The van der Waals surface area contributed by atoms with Crippen molar-refractivity contribution in [3.05, 3.63) is 53.3 Å². The first kappa shape index (κ1) is 23.8. The molecule has 0 radical (unpaired) electrons. The van der Waals surface area contributed by atoms with Gasteiger partial charge in [0, 0.05) is 25.0 Å². The van der Waals surface area contributed by atoms with E-state index < -0.39 is 5.97 Å². The highest BCUT2D eigenvalue weighted by atomic mass is 16.4. The Bertz CT molecular complexity index is 943. The van der Waals surface area contributed by atoms with Gasteiger partial charge < -0.3 is 15.3 Å². The lowest BCUT2D eigenvalue weighted by Crippen LogP contribution is -2.32. The van der Waals surface area contributed by atoms with Gasteiger partial charge in [-0.05, 0) is 60.4 Å². The molecule has 2 atom stereocenters. The third-order valence-electron chi connectivity index (χ3n) is 5.68. The molecule has 1 aliphatic rings. The number of nitrogens with zero attached hydrogens (tertiary/aromatic N) is 2. The Morgan fingerprint density at radius 1 is 1.12 bits per heavy atom. The number of carbonyl (C=O) groups is 2. The van der Waals surface area contributed by atoms with Crippen molar-refractivity contribution in [2.75, 3.05) is 23.3 Å². The summed E-state index contributed by atoms with van der Waals surface area (Å²) in [4.78, 5) is 30.9. The van der Waals surface area contributed by atoms with Crippen LogP contribution in [-0.2, 0) is 16.0 Å². The molecule has 1 amide bonds. The minimum Gasteiger partial charge on any atom is -0.481 e. The van der Waals surface area contributed by atoms with E-state index in [4.69, 9.17) is 0 Å². The highest BCUT2D eigenvalue weighted by Gasteiger charge is 2.44. The van der Waals surface area contributed by atoms with Gasteiger partial charge >= 0.3 is 5.97 Å². The van der Waals surface area contributed by atoms with Crippen LogP contribution in [-0.4, -0.2) is 35.1 Å². The first-order valence-corrected chi connectivity index (χ1v) is 11.5. The highest BCUT2D eigenvalue weighted by molar-refractivity contribution is 5.96. The van der Waals surface area contributed by atoms with E-state index in [2.05, 4.69) is 42.9 Å². The van der Waals surface area contributed by atoms with E-state index in [1.54, 1.807) is 6.20 Å². The predicted molar refractivity (Wildman–Crippen MR) is 128 cm³/mol. The molecule has 2 N–H and O–H groups in total. The van der Waals surface area contributed by atoms with Crippen molar-refractivity contribution in [3.63, 3.8) is 0 Å². The lowest BCUT2D eigenvalue weighted by atomic mass is 10.0. The lowest BCUT2D eigenvalue weighted by Gasteiger charge is -2.31. The van der Waals surface area contributed by atoms with Crippen LogP contribution in [0.4, 0.5) is 11.4 Å². The number of nitrogens with one attached hydrogen (secondary N) is 1. The number of amides is 1. The molecular weight excluding hydrogens is 402 g/mol. The number of rotatable bonds is 10. The maximum absolute atomic E-state index is 12.9. The second kappa shape index (κ2) is 10.2. The average molecular weight is 438 g/mol. The Labute approximate surface area is 191 Å². The zero-order valence-corrected chi connectivity index (χ0v) is 19.8. The van der Waals surface area contributed by atoms with Gasteiger partial charge in [-0.15, -0.1) is 0 Å². The van der Waals surface area contributed by atoms with E-state index in [1.165, 1.54) is 0 Å². The molecule has 0 spiro atoms. The van der Waals surface area contributed by atoms with Crippen LogP contribution in [0.3, 0.4) is 0 Å². The van der Waals surface area contributed by atoms with Crippen LogP contribution in [0.15, 0.2) is 36.5 Å². The first-order chi connectivity index (χ1) is 15.1. The topological polar surface area (TPSA) is 82.5 Å². The Hall–Kier alpha value is -2.89. The molecule has 1 heterocycles. The van der Waals surface area contributed by atoms with Crippen molar-refractivity contribution in [3.8, 4) is 0 Å². The number of carboxylic acid groups (broad SMARTS) is 1. The Morgan fingerprint density at radius 3 is 2.34 bits per heavy atom. The fourth-order valence-corrected chi connectivity index (χ4v) is 4.13. The molecule has 1 saturated carbocycles. The largest absolute Gasteiger partial charge is 0.481 e. The molecule has 6 heteroatoms. The van der Waals surface area contributed by atoms with E-state index in [-0.39, 0.29) is 24.2 Å². The minimum atomic E-state index is -0.752. The van der Waals surface area contributed by atoms with Crippen LogP contribution in [0, 0.1) is 24.7 Å².